The van der Waals surface area contributed by atoms with Crippen molar-refractivity contribution in [3.8, 4) is 5.88 Å². The van der Waals surface area contributed by atoms with Gasteiger partial charge in [0.2, 0.25) is 11.8 Å². The van der Waals surface area contributed by atoms with Gasteiger partial charge in [-0.15, -0.1) is 0 Å². The van der Waals surface area contributed by atoms with Gasteiger partial charge < -0.3 is 9.47 Å². The van der Waals surface area contributed by atoms with E-state index >= 15 is 0 Å². The van der Waals surface area contributed by atoms with Crippen LogP contribution in [0.4, 0.5) is 0 Å². The monoisotopic (exact) mass is 264 g/mol. The van der Waals surface area contributed by atoms with Crippen molar-refractivity contribution in [3.63, 3.8) is 0 Å². The van der Waals surface area contributed by atoms with Gasteiger partial charge in [0.1, 0.15) is 0 Å². The number of methoxy groups -OCH3 is 1. The van der Waals surface area contributed by atoms with E-state index in [1.54, 1.807) is 12.1 Å². The number of rotatable bonds is 3. The Morgan fingerprint density at radius 1 is 1.42 bits per heavy atom. The lowest BCUT2D eigenvalue weighted by molar-refractivity contribution is -0.140. The number of ether oxygens (including phenoxy) is 2. The molecule has 1 aliphatic heterocycles. The largest absolute Gasteiger partial charge is 0.481 e. The predicted molar refractivity (Wildman–Crippen MR) is 62.4 cm³/mol. The fourth-order valence-corrected chi connectivity index (χ4v) is 1.62. The third kappa shape index (κ3) is 3.06. The van der Waals surface area contributed by atoms with E-state index in [0.29, 0.717) is 0 Å². The van der Waals surface area contributed by atoms with E-state index in [1.165, 1.54) is 13.2 Å². The quantitative estimate of drug-likeness (QED) is 0.612. The molecule has 0 radical (unpaired) electrons. The number of carbonyl (C=O) groups is 3. The number of hydrogen-bond donors (Lipinski definition) is 1. The number of nitrogens with zero attached hydrogens (tertiary/aromatic N) is 1. The van der Waals surface area contributed by atoms with Gasteiger partial charge in [-0.05, 0) is 6.07 Å². The van der Waals surface area contributed by atoms with E-state index in [2.05, 4.69) is 10.3 Å². The minimum Gasteiger partial charge on any atom is -0.481 e. The number of amides is 2. The Morgan fingerprint density at radius 3 is 2.89 bits per heavy atom. The molecule has 1 atom stereocenters. The second-order valence-electron chi connectivity index (χ2n) is 3.91. The van der Waals surface area contributed by atoms with Crippen molar-refractivity contribution in [3.05, 3.63) is 23.9 Å². The number of carbonyl (C=O) groups excluding carboxylic acids is 3. The highest BCUT2D eigenvalue weighted by atomic mass is 16.5. The van der Waals surface area contributed by atoms with Gasteiger partial charge in [-0.1, -0.05) is 6.07 Å². The molecule has 100 valence electrons. The summed E-state index contributed by atoms with van der Waals surface area (Å²) in [6.45, 7) is 0. The number of imide groups is 1. The number of nitrogens with one attached hydrogen (secondary N) is 1. The summed E-state index contributed by atoms with van der Waals surface area (Å²) < 4.78 is 9.90. The number of esters is 1. The summed E-state index contributed by atoms with van der Waals surface area (Å²) in [5.74, 6) is -1.42. The first kappa shape index (κ1) is 13.0. The van der Waals surface area contributed by atoms with Crippen LogP contribution in [0.1, 0.15) is 23.3 Å². The smallest absolute Gasteiger partial charge is 0.357 e. The van der Waals surface area contributed by atoms with Crippen molar-refractivity contribution in [1.82, 2.24) is 10.3 Å². The average molecular weight is 264 g/mol. The summed E-state index contributed by atoms with van der Waals surface area (Å²) in [6.07, 6.45) is -0.631. The summed E-state index contributed by atoms with van der Waals surface area (Å²) in [5, 5.41) is 2.11. The summed E-state index contributed by atoms with van der Waals surface area (Å²) >= 11 is 0. The molecule has 2 rings (SSSR count). The first-order chi connectivity index (χ1) is 9.10. The molecule has 0 aromatic carbocycles. The van der Waals surface area contributed by atoms with Gasteiger partial charge in [-0.25, -0.2) is 9.78 Å². The molecular weight excluding hydrogens is 252 g/mol. The van der Waals surface area contributed by atoms with Crippen LogP contribution in [0.5, 0.6) is 5.88 Å². The van der Waals surface area contributed by atoms with Crippen LogP contribution in [0.3, 0.4) is 0 Å². The van der Waals surface area contributed by atoms with Crippen molar-refractivity contribution in [1.29, 1.82) is 0 Å². The van der Waals surface area contributed by atoms with Crippen molar-refractivity contribution in [2.75, 3.05) is 7.11 Å². The molecule has 7 heteroatoms. The Hall–Kier alpha value is -2.44. The minimum absolute atomic E-state index is 0.0454. The third-order valence-corrected chi connectivity index (χ3v) is 2.58. The summed E-state index contributed by atoms with van der Waals surface area (Å²) in [5.41, 5.74) is 0.0454. The molecule has 7 nitrogen and oxygen atoms in total. The SMILES string of the molecule is COc1cccc(C(=O)OC2CCC(=O)NC2=O)n1. The first-order valence-electron chi connectivity index (χ1n) is 5.66. The van der Waals surface area contributed by atoms with Crippen molar-refractivity contribution < 1.29 is 23.9 Å². The fourth-order valence-electron chi connectivity index (χ4n) is 1.62. The summed E-state index contributed by atoms with van der Waals surface area (Å²) in [4.78, 5) is 38.1. The summed E-state index contributed by atoms with van der Waals surface area (Å²) in [7, 11) is 1.43. The molecule has 1 aromatic rings. The maximum absolute atomic E-state index is 11.8. The number of pyridine rings is 1. The highest BCUT2D eigenvalue weighted by Gasteiger charge is 2.30. The lowest BCUT2D eigenvalue weighted by Crippen LogP contribution is -2.45. The molecule has 2 heterocycles. The van der Waals surface area contributed by atoms with Crippen LogP contribution in [-0.4, -0.2) is 36.0 Å². The second-order valence-corrected chi connectivity index (χ2v) is 3.91. The Morgan fingerprint density at radius 2 is 2.21 bits per heavy atom. The zero-order chi connectivity index (χ0) is 13.8. The van der Waals surface area contributed by atoms with Crippen molar-refractivity contribution in [2.24, 2.45) is 0 Å². The Balaban J connectivity index is 2.04. The van der Waals surface area contributed by atoms with E-state index in [4.69, 9.17) is 9.47 Å². The Labute approximate surface area is 108 Å². The molecule has 0 aliphatic carbocycles. The zero-order valence-electron chi connectivity index (χ0n) is 10.2. The second kappa shape index (κ2) is 5.47. The molecular formula is C12H12N2O5. The molecule has 1 fully saturated rings. The zero-order valence-corrected chi connectivity index (χ0v) is 10.2. The molecule has 1 aromatic heterocycles. The van der Waals surface area contributed by atoms with Gasteiger partial charge in [0.25, 0.3) is 5.91 Å². The van der Waals surface area contributed by atoms with E-state index in [9.17, 15) is 14.4 Å². The van der Waals surface area contributed by atoms with Gasteiger partial charge >= 0.3 is 5.97 Å². The molecule has 1 N–H and O–H groups in total. The van der Waals surface area contributed by atoms with E-state index in [0.717, 1.165) is 0 Å². The van der Waals surface area contributed by atoms with Crippen molar-refractivity contribution in [2.45, 2.75) is 18.9 Å². The van der Waals surface area contributed by atoms with Crippen LogP contribution in [0, 0.1) is 0 Å². The predicted octanol–water partition coefficient (Wildman–Crippen LogP) is 0.0522. The van der Waals surface area contributed by atoms with Gasteiger partial charge in [-0.3, -0.25) is 14.9 Å². The highest BCUT2D eigenvalue weighted by Crippen LogP contribution is 2.13. The Bertz CT molecular complexity index is 529. The lowest BCUT2D eigenvalue weighted by Gasteiger charge is -2.20. The lowest BCUT2D eigenvalue weighted by atomic mass is 10.1. The van der Waals surface area contributed by atoms with Crippen LogP contribution in [0.25, 0.3) is 0 Å². The van der Waals surface area contributed by atoms with E-state index < -0.39 is 18.0 Å². The first-order valence-corrected chi connectivity index (χ1v) is 5.66. The number of hydrogen-bond acceptors (Lipinski definition) is 6. The Kier molecular flexibility index (Phi) is 3.74. The van der Waals surface area contributed by atoms with Gasteiger partial charge in [0.05, 0.1) is 7.11 Å². The maximum Gasteiger partial charge on any atom is 0.357 e. The van der Waals surface area contributed by atoms with Gasteiger partial charge in [-0.2, -0.15) is 0 Å². The van der Waals surface area contributed by atoms with Crippen LogP contribution in [0.2, 0.25) is 0 Å². The molecule has 1 unspecified atom stereocenters. The molecule has 1 aliphatic rings. The third-order valence-electron chi connectivity index (χ3n) is 2.58. The average Bonchev–Trinajstić information content (AvgIpc) is 2.42. The van der Waals surface area contributed by atoms with E-state index in [1.807, 2.05) is 0 Å². The standard InChI is InChI=1S/C12H12N2O5/c1-18-10-4-2-3-7(13-10)12(17)19-8-5-6-9(15)14-11(8)16/h2-4,8H,5-6H2,1H3,(H,14,15,16). The molecule has 0 bridgehead atoms. The molecule has 0 spiro atoms. The minimum atomic E-state index is -0.960. The van der Waals surface area contributed by atoms with Crippen LogP contribution in [0.15, 0.2) is 18.2 Å². The van der Waals surface area contributed by atoms with E-state index in [-0.39, 0.29) is 30.3 Å². The van der Waals surface area contributed by atoms with Crippen LogP contribution < -0.4 is 10.1 Å². The maximum atomic E-state index is 11.8. The number of aromatic nitrogens is 1. The normalized spacial score (nSPS) is 18.7. The van der Waals surface area contributed by atoms with Crippen LogP contribution >= 0.6 is 0 Å². The molecule has 19 heavy (non-hydrogen) atoms. The molecule has 1 saturated heterocycles. The topological polar surface area (TPSA) is 94.6 Å². The van der Waals surface area contributed by atoms with Crippen LogP contribution in [-0.2, 0) is 14.3 Å². The summed E-state index contributed by atoms with van der Waals surface area (Å²) in [6, 6.07) is 4.63. The fraction of sp³-hybridized carbons (Fsp3) is 0.333. The van der Waals surface area contributed by atoms with Crippen molar-refractivity contribution >= 4 is 17.8 Å². The highest BCUT2D eigenvalue weighted by molar-refractivity contribution is 6.01. The van der Waals surface area contributed by atoms with Gasteiger partial charge in [0, 0.05) is 18.9 Å². The molecule has 2 amide bonds. The van der Waals surface area contributed by atoms with Gasteiger partial charge in [0.15, 0.2) is 11.8 Å². The molecule has 0 saturated carbocycles. The number of piperidine rings is 1.